The van der Waals surface area contributed by atoms with Gasteiger partial charge in [0, 0.05) is 25.0 Å². The average Bonchev–Trinajstić information content (AvgIpc) is 3.21. The number of carbonyl (C=O) groups is 2. The highest BCUT2D eigenvalue weighted by Gasteiger charge is 2.36. The first-order chi connectivity index (χ1) is 13.6. The van der Waals surface area contributed by atoms with E-state index in [0.717, 1.165) is 37.2 Å². The van der Waals surface area contributed by atoms with E-state index in [1.54, 1.807) is 4.90 Å². The summed E-state index contributed by atoms with van der Waals surface area (Å²) in [7, 11) is 0. The van der Waals surface area contributed by atoms with E-state index in [-0.39, 0.29) is 24.2 Å². The SMILES string of the molecule is O=C(O)C1CCN(C(=O)NCC2(c3ccc4c(c3)OCO4)CCCCC2)CC1. The van der Waals surface area contributed by atoms with Gasteiger partial charge in [0.05, 0.1) is 5.92 Å². The molecule has 2 fully saturated rings. The summed E-state index contributed by atoms with van der Waals surface area (Å²) >= 11 is 0. The number of nitrogens with zero attached hydrogens (tertiary/aromatic N) is 1. The number of hydrogen-bond acceptors (Lipinski definition) is 4. The minimum atomic E-state index is -0.760. The van der Waals surface area contributed by atoms with Gasteiger partial charge in [0.25, 0.3) is 0 Å². The van der Waals surface area contributed by atoms with Crippen LogP contribution < -0.4 is 14.8 Å². The summed E-state index contributed by atoms with van der Waals surface area (Å²) in [6, 6.07) is 6.04. The molecule has 0 spiro atoms. The molecule has 2 amide bonds. The van der Waals surface area contributed by atoms with Crippen LogP contribution in [0.15, 0.2) is 18.2 Å². The monoisotopic (exact) mass is 388 g/mol. The fourth-order valence-corrected chi connectivity index (χ4v) is 4.71. The molecule has 3 aliphatic rings. The van der Waals surface area contributed by atoms with Crippen molar-refractivity contribution < 1.29 is 24.2 Å². The molecule has 28 heavy (non-hydrogen) atoms. The van der Waals surface area contributed by atoms with Crippen molar-refractivity contribution in [3.63, 3.8) is 0 Å². The second kappa shape index (κ2) is 7.89. The Kier molecular flexibility index (Phi) is 5.33. The lowest BCUT2D eigenvalue weighted by Gasteiger charge is -2.39. The Bertz CT molecular complexity index is 736. The molecule has 0 aromatic heterocycles. The van der Waals surface area contributed by atoms with Gasteiger partial charge in [-0.2, -0.15) is 0 Å². The number of ether oxygens (including phenoxy) is 2. The van der Waals surface area contributed by atoms with Crippen LogP contribution in [-0.4, -0.2) is 48.4 Å². The van der Waals surface area contributed by atoms with Crippen molar-refractivity contribution >= 4 is 12.0 Å². The Morgan fingerprint density at radius 1 is 1.11 bits per heavy atom. The highest BCUT2D eigenvalue weighted by Crippen LogP contribution is 2.43. The molecule has 7 heteroatoms. The molecule has 2 N–H and O–H groups in total. The number of fused-ring (bicyclic) bond motifs is 1. The molecule has 0 atom stereocenters. The normalized spacial score (nSPS) is 21.4. The van der Waals surface area contributed by atoms with Crippen LogP contribution in [0, 0.1) is 5.92 Å². The number of carboxylic acids is 1. The van der Waals surface area contributed by atoms with E-state index in [1.165, 1.54) is 12.0 Å². The Balaban J connectivity index is 1.43. The molecule has 7 nitrogen and oxygen atoms in total. The summed E-state index contributed by atoms with van der Waals surface area (Å²) in [5.41, 5.74) is 1.11. The number of carboxylic acid groups (broad SMARTS) is 1. The van der Waals surface area contributed by atoms with Gasteiger partial charge in [-0.25, -0.2) is 4.79 Å². The number of hydrogen-bond donors (Lipinski definition) is 2. The third-order valence-corrected chi connectivity index (χ3v) is 6.51. The highest BCUT2D eigenvalue weighted by atomic mass is 16.7. The van der Waals surface area contributed by atoms with Crippen molar-refractivity contribution in [3.8, 4) is 11.5 Å². The van der Waals surface area contributed by atoms with Crippen molar-refractivity contribution in [2.24, 2.45) is 5.92 Å². The molecule has 1 aliphatic carbocycles. The van der Waals surface area contributed by atoms with Gasteiger partial charge in [-0.3, -0.25) is 4.79 Å². The first-order valence-electron chi connectivity index (χ1n) is 10.2. The molecular formula is C21H28N2O5. The zero-order valence-electron chi connectivity index (χ0n) is 16.1. The Morgan fingerprint density at radius 3 is 2.54 bits per heavy atom. The number of aliphatic carboxylic acids is 1. The van der Waals surface area contributed by atoms with E-state index in [2.05, 4.69) is 17.4 Å². The number of rotatable bonds is 4. The number of amides is 2. The molecule has 0 bridgehead atoms. The summed E-state index contributed by atoms with van der Waals surface area (Å²) < 4.78 is 11.0. The molecule has 0 unspecified atom stereocenters. The number of carbonyl (C=O) groups excluding carboxylic acids is 1. The summed E-state index contributed by atoms with van der Waals surface area (Å²) in [5, 5.41) is 12.3. The van der Waals surface area contributed by atoms with Gasteiger partial charge in [-0.05, 0) is 43.4 Å². The van der Waals surface area contributed by atoms with E-state index >= 15 is 0 Å². The number of nitrogens with one attached hydrogen (secondary N) is 1. The highest BCUT2D eigenvalue weighted by molar-refractivity contribution is 5.75. The standard InChI is InChI=1S/C21H28N2O5/c24-19(25)15-6-10-23(11-7-15)20(26)22-13-21(8-2-1-3-9-21)16-4-5-17-18(12-16)28-14-27-17/h4-5,12,15H,1-3,6-11,13-14H2,(H,22,26)(H,24,25). The molecule has 1 saturated heterocycles. The second-order valence-corrected chi connectivity index (χ2v) is 8.17. The van der Waals surface area contributed by atoms with E-state index in [4.69, 9.17) is 14.6 Å². The fourth-order valence-electron chi connectivity index (χ4n) is 4.71. The van der Waals surface area contributed by atoms with Crippen LogP contribution in [0.25, 0.3) is 0 Å². The Morgan fingerprint density at radius 2 is 1.82 bits per heavy atom. The maximum atomic E-state index is 12.7. The summed E-state index contributed by atoms with van der Waals surface area (Å²) in [6.45, 7) is 1.85. The van der Waals surface area contributed by atoms with E-state index in [0.29, 0.717) is 32.5 Å². The average molecular weight is 388 g/mol. The minimum absolute atomic E-state index is 0.0884. The molecule has 152 valence electrons. The summed E-state index contributed by atoms with van der Waals surface area (Å²) in [6.07, 6.45) is 6.64. The van der Waals surface area contributed by atoms with Crippen LogP contribution in [0.5, 0.6) is 11.5 Å². The first kappa shape index (κ1) is 18.9. The lowest BCUT2D eigenvalue weighted by Crippen LogP contribution is -2.49. The van der Waals surface area contributed by atoms with Crippen molar-refractivity contribution in [3.05, 3.63) is 23.8 Å². The Labute approximate surface area is 165 Å². The molecule has 4 rings (SSSR count). The zero-order valence-corrected chi connectivity index (χ0v) is 16.1. The molecule has 2 aliphatic heterocycles. The lowest BCUT2D eigenvalue weighted by atomic mass is 9.69. The summed E-state index contributed by atoms with van der Waals surface area (Å²) in [4.78, 5) is 25.6. The van der Waals surface area contributed by atoms with Crippen molar-refractivity contribution in [1.82, 2.24) is 10.2 Å². The van der Waals surface area contributed by atoms with Gasteiger partial charge < -0.3 is 24.8 Å². The van der Waals surface area contributed by atoms with Crippen LogP contribution >= 0.6 is 0 Å². The van der Waals surface area contributed by atoms with E-state index in [1.807, 2.05) is 6.07 Å². The second-order valence-electron chi connectivity index (χ2n) is 8.17. The van der Waals surface area contributed by atoms with Crippen LogP contribution in [0.1, 0.15) is 50.5 Å². The number of likely N-dealkylation sites (tertiary alicyclic amines) is 1. The third kappa shape index (κ3) is 3.75. The van der Waals surface area contributed by atoms with Gasteiger partial charge >= 0.3 is 12.0 Å². The minimum Gasteiger partial charge on any atom is -0.481 e. The maximum Gasteiger partial charge on any atom is 0.317 e. The predicted octanol–water partition coefficient (Wildman–Crippen LogP) is 3.12. The third-order valence-electron chi connectivity index (χ3n) is 6.51. The molecule has 1 aromatic rings. The van der Waals surface area contributed by atoms with Crippen LogP contribution in [-0.2, 0) is 10.2 Å². The smallest absolute Gasteiger partial charge is 0.317 e. The van der Waals surface area contributed by atoms with E-state index in [9.17, 15) is 9.59 Å². The van der Waals surface area contributed by atoms with Gasteiger partial charge in [-0.15, -0.1) is 0 Å². The molecule has 0 radical (unpaired) electrons. The lowest BCUT2D eigenvalue weighted by molar-refractivity contribution is -0.143. The maximum absolute atomic E-state index is 12.7. The van der Waals surface area contributed by atoms with Crippen LogP contribution in [0.2, 0.25) is 0 Å². The van der Waals surface area contributed by atoms with Crippen molar-refractivity contribution in [2.75, 3.05) is 26.4 Å². The number of benzene rings is 1. The zero-order chi connectivity index (χ0) is 19.6. The molecule has 2 heterocycles. The molecular weight excluding hydrogens is 360 g/mol. The first-order valence-corrected chi connectivity index (χ1v) is 10.2. The van der Waals surface area contributed by atoms with Crippen molar-refractivity contribution in [2.45, 2.75) is 50.4 Å². The number of urea groups is 1. The van der Waals surface area contributed by atoms with Crippen LogP contribution in [0.3, 0.4) is 0 Å². The Hall–Kier alpha value is -2.44. The van der Waals surface area contributed by atoms with Gasteiger partial charge in [-0.1, -0.05) is 25.3 Å². The molecule has 1 aromatic carbocycles. The van der Waals surface area contributed by atoms with Gasteiger partial charge in [0.1, 0.15) is 0 Å². The number of piperidine rings is 1. The summed E-state index contributed by atoms with van der Waals surface area (Å²) in [5.74, 6) is 0.468. The quantitative estimate of drug-likeness (QED) is 0.827. The molecule has 1 saturated carbocycles. The van der Waals surface area contributed by atoms with Crippen molar-refractivity contribution in [1.29, 1.82) is 0 Å². The van der Waals surface area contributed by atoms with Gasteiger partial charge in [0.15, 0.2) is 11.5 Å². The topological polar surface area (TPSA) is 88.1 Å². The predicted molar refractivity (Wildman–Crippen MR) is 103 cm³/mol. The fraction of sp³-hybridized carbons (Fsp3) is 0.619. The van der Waals surface area contributed by atoms with Gasteiger partial charge in [0.2, 0.25) is 6.79 Å². The van der Waals surface area contributed by atoms with E-state index < -0.39 is 5.97 Å². The van der Waals surface area contributed by atoms with Crippen LogP contribution in [0.4, 0.5) is 4.79 Å². The largest absolute Gasteiger partial charge is 0.481 e.